The molecule has 298 valence electrons. The van der Waals surface area contributed by atoms with E-state index < -0.39 is 28.3 Å². The topological polar surface area (TPSA) is 141 Å². The lowest BCUT2D eigenvalue weighted by Crippen LogP contribution is -2.47. The van der Waals surface area contributed by atoms with Crippen molar-refractivity contribution in [1.82, 2.24) is 10.0 Å². The van der Waals surface area contributed by atoms with E-state index in [-0.39, 0.29) is 36.7 Å². The number of sulfonamides is 1. The minimum absolute atomic E-state index is 0.0473. The standard InChI is InChI=1S/C46H45N3O7S2/c1-32-16-22-41(23-17-32)58(53,54)48-42(26-33-9-3-2-4-10-33)45(51)47-29-35-11-7-12-37(25-35)38-13-8-14-39(27-38)46-55-40(31-57-44-15-5-6-24-49(44)52)28-43(56-46)36-20-18-34(30-50)19-21-36/h2-25,27,40,42-43,46,48,50H,26,28-31H2,1H3,(H,47,51). The van der Waals surface area contributed by atoms with Gasteiger partial charge in [0.15, 0.2) is 12.5 Å². The Labute approximate surface area is 343 Å². The second-order valence-electron chi connectivity index (χ2n) is 14.2. The summed E-state index contributed by atoms with van der Waals surface area (Å²) in [7, 11) is -3.98. The highest BCUT2D eigenvalue weighted by Crippen LogP contribution is 2.40. The maximum atomic E-state index is 13.7. The molecule has 3 N–H and O–H groups in total. The van der Waals surface area contributed by atoms with Gasteiger partial charge in [-0.05, 0) is 77.1 Å². The number of aliphatic hydroxyl groups is 1. The van der Waals surface area contributed by atoms with Crippen molar-refractivity contribution in [2.45, 2.75) is 67.4 Å². The summed E-state index contributed by atoms with van der Waals surface area (Å²) in [6.45, 7) is 2.01. The summed E-state index contributed by atoms with van der Waals surface area (Å²) in [5.41, 5.74) is 7.03. The van der Waals surface area contributed by atoms with E-state index in [2.05, 4.69) is 10.0 Å². The Balaban J connectivity index is 1.07. The minimum atomic E-state index is -3.98. The van der Waals surface area contributed by atoms with Gasteiger partial charge in [-0.25, -0.2) is 8.42 Å². The molecule has 2 heterocycles. The highest BCUT2D eigenvalue weighted by molar-refractivity contribution is 7.99. The predicted octanol–water partition coefficient (Wildman–Crippen LogP) is 7.33. The number of carbonyl (C=O) groups is 1. The zero-order chi connectivity index (χ0) is 40.5. The molecule has 0 radical (unpaired) electrons. The first-order chi connectivity index (χ1) is 28.1. The van der Waals surface area contributed by atoms with E-state index in [9.17, 15) is 23.5 Å². The number of hydrogen-bond donors (Lipinski definition) is 3. The maximum Gasteiger partial charge on any atom is 0.251 e. The minimum Gasteiger partial charge on any atom is -0.618 e. The second kappa shape index (κ2) is 18.9. The molecule has 58 heavy (non-hydrogen) atoms. The predicted molar refractivity (Wildman–Crippen MR) is 224 cm³/mol. The van der Waals surface area contributed by atoms with E-state index in [0.717, 1.165) is 49.2 Å². The van der Waals surface area contributed by atoms with Gasteiger partial charge in [0.1, 0.15) is 6.04 Å². The van der Waals surface area contributed by atoms with Crippen molar-refractivity contribution in [3.63, 3.8) is 0 Å². The molecular weight excluding hydrogens is 771 g/mol. The van der Waals surface area contributed by atoms with Crippen molar-refractivity contribution in [1.29, 1.82) is 0 Å². The lowest BCUT2D eigenvalue weighted by Gasteiger charge is -2.36. The normalized spacial score (nSPS) is 17.4. The number of nitrogens with one attached hydrogen (secondary N) is 2. The lowest BCUT2D eigenvalue weighted by molar-refractivity contribution is -0.645. The number of hydrogen-bond acceptors (Lipinski definition) is 8. The molecule has 0 aliphatic carbocycles. The van der Waals surface area contributed by atoms with Crippen molar-refractivity contribution in [2.24, 2.45) is 0 Å². The third-order valence-electron chi connectivity index (χ3n) is 9.93. The Morgan fingerprint density at radius 3 is 2.26 bits per heavy atom. The van der Waals surface area contributed by atoms with E-state index in [0.29, 0.717) is 17.2 Å². The number of amides is 1. The molecule has 1 amide bonds. The van der Waals surface area contributed by atoms with E-state index in [1.165, 1.54) is 30.1 Å². The van der Waals surface area contributed by atoms with Crippen LogP contribution in [0.3, 0.4) is 0 Å². The quantitative estimate of drug-likeness (QED) is 0.0557. The van der Waals surface area contributed by atoms with Crippen LogP contribution < -0.4 is 14.8 Å². The fraction of sp³-hybridized carbons (Fsp3) is 0.217. The van der Waals surface area contributed by atoms with Gasteiger partial charge in [-0.1, -0.05) is 120 Å². The van der Waals surface area contributed by atoms with Gasteiger partial charge in [0.05, 0.1) is 23.7 Å². The van der Waals surface area contributed by atoms with Crippen molar-refractivity contribution >= 4 is 27.7 Å². The Kier molecular flexibility index (Phi) is 13.3. The van der Waals surface area contributed by atoms with Gasteiger partial charge in [0.25, 0.3) is 5.03 Å². The number of thioether (sulfide) groups is 1. The number of carbonyl (C=O) groups excluding carboxylic acids is 1. The van der Waals surface area contributed by atoms with Crippen LogP contribution in [0, 0.1) is 12.1 Å². The van der Waals surface area contributed by atoms with Crippen LogP contribution in [0.15, 0.2) is 162 Å². The molecule has 1 aliphatic heterocycles. The molecule has 1 saturated heterocycles. The van der Waals surface area contributed by atoms with Gasteiger partial charge < -0.3 is 25.1 Å². The number of ether oxygens (including phenoxy) is 2. The summed E-state index contributed by atoms with van der Waals surface area (Å²) in [4.78, 5) is 13.8. The third-order valence-corrected chi connectivity index (χ3v) is 12.6. The zero-order valence-electron chi connectivity index (χ0n) is 31.9. The smallest absolute Gasteiger partial charge is 0.251 e. The molecule has 6 aromatic rings. The average molecular weight is 816 g/mol. The molecule has 0 spiro atoms. The van der Waals surface area contributed by atoms with Crippen LogP contribution in [-0.2, 0) is 43.9 Å². The highest BCUT2D eigenvalue weighted by atomic mass is 32.2. The monoisotopic (exact) mass is 815 g/mol. The fourth-order valence-corrected chi connectivity index (χ4v) is 8.90. The van der Waals surface area contributed by atoms with Crippen LogP contribution in [-0.4, -0.2) is 37.3 Å². The van der Waals surface area contributed by atoms with Crippen LogP contribution in [0.25, 0.3) is 11.1 Å². The molecule has 5 aromatic carbocycles. The molecule has 7 rings (SSSR count). The molecule has 0 bridgehead atoms. The number of aryl methyl sites for hydroxylation is 1. The highest BCUT2D eigenvalue weighted by Gasteiger charge is 2.33. The number of pyridine rings is 1. The Bertz CT molecular complexity index is 2410. The van der Waals surface area contributed by atoms with Gasteiger partial charge in [0, 0.05) is 36.4 Å². The summed E-state index contributed by atoms with van der Waals surface area (Å²) in [5.74, 6) is 0.105. The number of aromatic nitrogens is 1. The summed E-state index contributed by atoms with van der Waals surface area (Å²) in [5, 5.41) is 25.5. The van der Waals surface area contributed by atoms with Crippen LogP contribution in [0.2, 0.25) is 0 Å². The third kappa shape index (κ3) is 10.6. The molecule has 1 fully saturated rings. The molecule has 4 atom stereocenters. The Morgan fingerprint density at radius 1 is 0.810 bits per heavy atom. The summed E-state index contributed by atoms with van der Waals surface area (Å²) in [6, 6.07) is 43.6. The van der Waals surface area contributed by atoms with Crippen LogP contribution in [0.5, 0.6) is 0 Å². The fourth-order valence-electron chi connectivity index (χ4n) is 6.77. The molecule has 4 unspecified atom stereocenters. The molecule has 0 saturated carbocycles. The first-order valence-corrected chi connectivity index (χ1v) is 21.5. The first kappa shape index (κ1) is 40.8. The average Bonchev–Trinajstić information content (AvgIpc) is 3.25. The van der Waals surface area contributed by atoms with Gasteiger partial charge >= 0.3 is 0 Å². The maximum absolute atomic E-state index is 13.7. The number of rotatable bonds is 15. The van der Waals surface area contributed by atoms with E-state index in [1.807, 2.05) is 116 Å². The van der Waals surface area contributed by atoms with Gasteiger partial charge in [0.2, 0.25) is 15.9 Å². The summed E-state index contributed by atoms with van der Waals surface area (Å²) in [6.07, 6.45) is 1.04. The molecule has 1 aliphatic rings. The molecule has 12 heteroatoms. The van der Waals surface area contributed by atoms with Crippen molar-refractivity contribution < 1.29 is 32.5 Å². The number of aliphatic hydroxyl groups excluding tert-OH is 1. The van der Waals surface area contributed by atoms with E-state index in [4.69, 9.17) is 9.47 Å². The van der Waals surface area contributed by atoms with Gasteiger partial charge in [-0.3, -0.25) is 4.79 Å². The van der Waals surface area contributed by atoms with Crippen molar-refractivity contribution in [3.8, 4) is 11.1 Å². The van der Waals surface area contributed by atoms with Crippen molar-refractivity contribution in [2.75, 3.05) is 5.75 Å². The first-order valence-electron chi connectivity index (χ1n) is 19.0. The Morgan fingerprint density at radius 2 is 1.52 bits per heavy atom. The summed E-state index contributed by atoms with van der Waals surface area (Å²) >= 11 is 1.44. The number of nitrogens with zero attached hydrogens (tertiary/aromatic N) is 1. The van der Waals surface area contributed by atoms with Gasteiger partial charge in [-0.2, -0.15) is 9.45 Å². The summed E-state index contributed by atoms with van der Waals surface area (Å²) < 4.78 is 43.4. The van der Waals surface area contributed by atoms with Crippen molar-refractivity contribution in [3.05, 3.63) is 190 Å². The van der Waals surface area contributed by atoms with Crippen LogP contribution >= 0.6 is 11.8 Å². The number of benzene rings is 5. The van der Waals surface area contributed by atoms with Crippen LogP contribution in [0.1, 0.15) is 52.2 Å². The molecule has 1 aromatic heterocycles. The van der Waals surface area contributed by atoms with E-state index >= 15 is 0 Å². The Hall–Kier alpha value is -5.34. The molecular formula is C46H45N3O7S2. The lowest BCUT2D eigenvalue weighted by atomic mass is 9.99. The van der Waals surface area contributed by atoms with Crippen LogP contribution in [0.4, 0.5) is 0 Å². The van der Waals surface area contributed by atoms with Gasteiger partial charge in [-0.15, -0.1) is 0 Å². The SMILES string of the molecule is Cc1ccc(S(=O)(=O)NC(Cc2ccccc2)C(=O)NCc2cccc(-c3cccc(C4OC(CSc5cccc[n+]5[O-])CC(c5ccc(CO)cc5)O4)c3)c2)cc1. The second-order valence-corrected chi connectivity index (χ2v) is 17.0. The zero-order valence-corrected chi connectivity index (χ0v) is 33.6. The molecule has 10 nitrogen and oxygen atoms in total. The van der Waals surface area contributed by atoms with E-state index in [1.54, 1.807) is 24.3 Å². The largest absolute Gasteiger partial charge is 0.618 e.